The summed E-state index contributed by atoms with van der Waals surface area (Å²) < 4.78 is 0. The van der Waals surface area contributed by atoms with E-state index >= 15 is 0 Å². The van der Waals surface area contributed by atoms with Gasteiger partial charge >= 0.3 is 0 Å². The van der Waals surface area contributed by atoms with E-state index in [2.05, 4.69) is 26.7 Å². The van der Waals surface area contributed by atoms with E-state index in [0.29, 0.717) is 23.4 Å². The van der Waals surface area contributed by atoms with Crippen LogP contribution in [0.2, 0.25) is 0 Å². The van der Waals surface area contributed by atoms with Crippen LogP contribution in [0.1, 0.15) is 31.2 Å². The second-order valence-corrected chi connectivity index (χ2v) is 6.61. The Hall–Kier alpha value is -3.46. The van der Waals surface area contributed by atoms with Crippen molar-refractivity contribution >= 4 is 17.5 Å². The van der Waals surface area contributed by atoms with Gasteiger partial charge in [0.1, 0.15) is 11.9 Å². The molecule has 6 heteroatoms. The van der Waals surface area contributed by atoms with E-state index in [0.717, 1.165) is 29.8 Å². The quantitative estimate of drug-likeness (QED) is 0.699. The second-order valence-electron chi connectivity index (χ2n) is 6.61. The lowest BCUT2D eigenvalue weighted by Crippen LogP contribution is -2.17. The summed E-state index contributed by atoms with van der Waals surface area (Å²) in [4.78, 5) is 13.4. The van der Waals surface area contributed by atoms with Crippen LogP contribution < -0.4 is 10.6 Å². The molecule has 1 saturated carbocycles. The zero-order valence-electron chi connectivity index (χ0n) is 14.9. The summed E-state index contributed by atoms with van der Waals surface area (Å²) in [6.07, 6.45) is 8.26. The van der Waals surface area contributed by atoms with Crippen molar-refractivity contribution in [2.75, 3.05) is 10.6 Å². The number of rotatable bonds is 5. The van der Waals surface area contributed by atoms with Gasteiger partial charge in [0.05, 0.1) is 16.9 Å². The smallest absolute Gasteiger partial charge is 0.225 e. The van der Waals surface area contributed by atoms with Crippen LogP contribution in [-0.2, 0) is 0 Å². The molecule has 2 N–H and O–H groups in total. The molecular formula is C21H20N6. The maximum atomic E-state index is 9.33. The molecule has 2 aromatic heterocycles. The first kappa shape index (κ1) is 17.0. The standard InChI is InChI=1S/C21H20N6/c22-14-16-5-1-4-8-18(16)25-20-13-19(15-9-11-23-12-10-15)26-21(27-20)24-17-6-2-3-7-17/h1,4-5,8-13,17H,2-3,6-7H2,(H2,24,25,26,27). The van der Waals surface area contributed by atoms with E-state index in [-0.39, 0.29) is 0 Å². The van der Waals surface area contributed by atoms with E-state index in [4.69, 9.17) is 4.98 Å². The van der Waals surface area contributed by atoms with Gasteiger partial charge < -0.3 is 10.6 Å². The van der Waals surface area contributed by atoms with Gasteiger partial charge in [0.25, 0.3) is 0 Å². The molecule has 0 unspecified atom stereocenters. The minimum Gasteiger partial charge on any atom is -0.351 e. The predicted molar refractivity (Wildman–Crippen MR) is 106 cm³/mol. The highest BCUT2D eigenvalue weighted by atomic mass is 15.2. The first-order chi connectivity index (χ1) is 13.3. The van der Waals surface area contributed by atoms with E-state index in [1.165, 1.54) is 12.8 Å². The highest BCUT2D eigenvalue weighted by molar-refractivity contribution is 5.69. The molecule has 4 rings (SSSR count). The normalized spacial score (nSPS) is 13.9. The topological polar surface area (TPSA) is 86.5 Å². The Kier molecular flexibility index (Phi) is 4.93. The summed E-state index contributed by atoms with van der Waals surface area (Å²) in [6.45, 7) is 0. The van der Waals surface area contributed by atoms with Crippen LogP contribution in [0.4, 0.5) is 17.5 Å². The first-order valence-corrected chi connectivity index (χ1v) is 9.14. The van der Waals surface area contributed by atoms with Gasteiger partial charge in [-0.05, 0) is 37.1 Å². The van der Waals surface area contributed by atoms with E-state index in [9.17, 15) is 5.26 Å². The first-order valence-electron chi connectivity index (χ1n) is 9.14. The Morgan fingerprint density at radius 3 is 2.56 bits per heavy atom. The number of anilines is 3. The Morgan fingerprint density at radius 2 is 1.78 bits per heavy atom. The van der Waals surface area contributed by atoms with Crippen molar-refractivity contribution in [3.63, 3.8) is 0 Å². The number of aromatic nitrogens is 3. The third kappa shape index (κ3) is 4.04. The molecule has 27 heavy (non-hydrogen) atoms. The van der Waals surface area contributed by atoms with Gasteiger partial charge in [-0.1, -0.05) is 25.0 Å². The molecule has 1 aliphatic rings. The summed E-state index contributed by atoms with van der Waals surface area (Å²) in [5.74, 6) is 1.26. The minimum absolute atomic E-state index is 0.414. The van der Waals surface area contributed by atoms with Gasteiger partial charge in [-0.15, -0.1) is 0 Å². The third-order valence-electron chi connectivity index (χ3n) is 4.70. The number of nitrogens with one attached hydrogen (secondary N) is 2. The molecule has 134 valence electrons. The summed E-state index contributed by atoms with van der Waals surface area (Å²) in [6, 6.07) is 15.8. The fraction of sp³-hybridized carbons (Fsp3) is 0.238. The van der Waals surface area contributed by atoms with Crippen LogP contribution in [-0.4, -0.2) is 21.0 Å². The predicted octanol–water partition coefficient (Wildman–Crippen LogP) is 4.51. The van der Waals surface area contributed by atoms with Crippen LogP contribution in [0.25, 0.3) is 11.3 Å². The van der Waals surface area contributed by atoms with Crippen molar-refractivity contribution in [1.29, 1.82) is 5.26 Å². The SMILES string of the molecule is N#Cc1ccccc1Nc1cc(-c2ccncc2)nc(NC2CCCC2)n1. The molecule has 0 saturated heterocycles. The molecule has 0 aliphatic heterocycles. The fourth-order valence-corrected chi connectivity index (χ4v) is 3.33. The maximum absolute atomic E-state index is 9.33. The lowest BCUT2D eigenvalue weighted by molar-refractivity contribution is 0.744. The Labute approximate surface area is 158 Å². The van der Waals surface area contributed by atoms with Crippen LogP contribution in [0.5, 0.6) is 0 Å². The van der Waals surface area contributed by atoms with Crippen LogP contribution >= 0.6 is 0 Å². The number of hydrogen-bond acceptors (Lipinski definition) is 6. The van der Waals surface area contributed by atoms with E-state index in [1.807, 2.05) is 36.4 Å². The average molecular weight is 356 g/mol. The molecule has 3 aromatic rings. The Bertz CT molecular complexity index is 958. The lowest BCUT2D eigenvalue weighted by atomic mass is 10.1. The van der Waals surface area contributed by atoms with Crippen molar-refractivity contribution < 1.29 is 0 Å². The molecule has 0 amide bonds. The summed E-state index contributed by atoms with van der Waals surface area (Å²) in [7, 11) is 0. The molecule has 1 fully saturated rings. The van der Waals surface area contributed by atoms with Crippen LogP contribution in [0, 0.1) is 11.3 Å². The Balaban J connectivity index is 1.70. The van der Waals surface area contributed by atoms with Crippen molar-refractivity contribution in [3.05, 3.63) is 60.4 Å². The molecule has 1 aliphatic carbocycles. The zero-order valence-corrected chi connectivity index (χ0v) is 14.9. The van der Waals surface area contributed by atoms with Crippen molar-refractivity contribution in [1.82, 2.24) is 15.0 Å². The molecule has 0 radical (unpaired) electrons. The number of para-hydroxylation sites is 1. The number of benzene rings is 1. The van der Waals surface area contributed by atoms with Gasteiger partial charge in [0.2, 0.25) is 5.95 Å². The monoisotopic (exact) mass is 356 g/mol. The number of nitriles is 1. The highest BCUT2D eigenvalue weighted by Gasteiger charge is 2.17. The van der Waals surface area contributed by atoms with Gasteiger partial charge in [0.15, 0.2) is 0 Å². The van der Waals surface area contributed by atoms with Crippen molar-refractivity contribution in [3.8, 4) is 17.3 Å². The largest absolute Gasteiger partial charge is 0.351 e. The maximum Gasteiger partial charge on any atom is 0.225 e. The third-order valence-corrected chi connectivity index (χ3v) is 4.70. The average Bonchev–Trinajstić information content (AvgIpc) is 3.22. The van der Waals surface area contributed by atoms with Gasteiger partial charge in [0, 0.05) is 30.1 Å². The van der Waals surface area contributed by atoms with E-state index < -0.39 is 0 Å². The fourth-order valence-electron chi connectivity index (χ4n) is 3.33. The zero-order chi connectivity index (χ0) is 18.5. The summed E-state index contributed by atoms with van der Waals surface area (Å²) >= 11 is 0. The Morgan fingerprint density at radius 1 is 1.00 bits per heavy atom. The molecule has 0 atom stereocenters. The van der Waals surface area contributed by atoms with Crippen molar-refractivity contribution in [2.24, 2.45) is 0 Å². The molecule has 0 spiro atoms. The number of hydrogen-bond donors (Lipinski definition) is 2. The lowest BCUT2D eigenvalue weighted by Gasteiger charge is -2.15. The molecular weight excluding hydrogens is 336 g/mol. The molecule has 1 aromatic carbocycles. The van der Waals surface area contributed by atoms with Crippen molar-refractivity contribution in [2.45, 2.75) is 31.7 Å². The number of nitrogens with zero attached hydrogens (tertiary/aromatic N) is 4. The van der Waals surface area contributed by atoms with Crippen LogP contribution in [0.3, 0.4) is 0 Å². The van der Waals surface area contributed by atoms with Gasteiger partial charge in [-0.25, -0.2) is 4.98 Å². The summed E-state index contributed by atoms with van der Waals surface area (Å²) in [5, 5.41) is 16.1. The molecule has 0 bridgehead atoms. The summed E-state index contributed by atoms with van der Waals surface area (Å²) in [5.41, 5.74) is 3.08. The van der Waals surface area contributed by atoms with E-state index in [1.54, 1.807) is 18.5 Å². The molecule has 6 nitrogen and oxygen atoms in total. The van der Waals surface area contributed by atoms with Gasteiger partial charge in [-0.2, -0.15) is 10.2 Å². The van der Waals surface area contributed by atoms with Crippen LogP contribution in [0.15, 0.2) is 54.9 Å². The second kappa shape index (κ2) is 7.83. The molecule has 2 heterocycles. The minimum atomic E-state index is 0.414. The number of pyridine rings is 1. The van der Waals surface area contributed by atoms with Gasteiger partial charge in [-0.3, -0.25) is 4.98 Å². The highest BCUT2D eigenvalue weighted by Crippen LogP contribution is 2.26.